The summed E-state index contributed by atoms with van der Waals surface area (Å²) in [7, 11) is 0. The predicted octanol–water partition coefficient (Wildman–Crippen LogP) is 5.15. The summed E-state index contributed by atoms with van der Waals surface area (Å²) >= 11 is 1.27. The number of hydrogen-bond donors (Lipinski definition) is 0. The summed E-state index contributed by atoms with van der Waals surface area (Å²) in [5.41, 5.74) is 1.65. The van der Waals surface area contributed by atoms with Crippen LogP contribution in [0.1, 0.15) is 11.5 Å². The number of aromatic nitrogens is 2. The van der Waals surface area contributed by atoms with Crippen LogP contribution < -0.4 is 4.90 Å². The second kappa shape index (κ2) is 8.64. The molecule has 1 amide bonds. The number of furan rings is 1. The first kappa shape index (κ1) is 20.0. The molecule has 2 aromatic carbocycles. The van der Waals surface area contributed by atoms with E-state index in [2.05, 4.69) is 15.1 Å². The second-order valence-corrected chi connectivity index (χ2v) is 7.67. The first-order valence-electron chi connectivity index (χ1n) is 9.62. The highest BCUT2D eigenvalue weighted by atomic mass is 32.2. The van der Waals surface area contributed by atoms with Gasteiger partial charge >= 0.3 is 0 Å². The van der Waals surface area contributed by atoms with Gasteiger partial charge in [0.2, 0.25) is 11.7 Å². The molecule has 0 spiro atoms. The lowest BCUT2D eigenvalue weighted by Gasteiger charge is -2.17. The SMILES string of the molecule is O=C1/C(=C\c2ccccc2)N=C(SCc2nc(-c3ccco3)no2)N1c1ccc(F)cc1. The molecule has 158 valence electrons. The highest BCUT2D eigenvalue weighted by Crippen LogP contribution is 2.31. The zero-order chi connectivity index (χ0) is 21.9. The molecule has 0 N–H and O–H groups in total. The highest BCUT2D eigenvalue weighted by Gasteiger charge is 2.32. The summed E-state index contributed by atoms with van der Waals surface area (Å²) in [6, 6.07) is 18.6. The van der Waals surface area contributed by atoms with Crippen LogP contribution in [0.3, 0.4) is 0 Å². The number of anilines is 1. The third-order valence-corrected chi connectivity index (χ3v) is 5.48. The molecule has 0 aliphatic carbocycles. The molecule has 9 heteroatoms. The van der Waals surface area contributed by atoms with Crippen LogP contribution in [0.2, 0.25) is 0 Å². The van der Waals surface area contributed by atoms with Crippen molar-refractivity contribution in [1.82, 2.24) is 10.1 Å². The van der Waals surface area contributed by atoms with Gasteiger partial charge in [-0.15, -0.1) is 0 Å². The number of carbonyl (C=O) groups is 1. The van der Waals surface area contributed by atoms with E-state index in [0.29, 0.717) is 28.3 Å². The highest BCUT2D eigenvalue weighted by molar-refractivity contribution is 8.13. The first-order chi connectivity index (χ1) is 15.7. The lowest BCUT2D eigenvalue weighted by Crippen LogP contribution is -2.30. The first-order valence-corrected chi connectivity index (χ1v) is 10.6. The molecular weight excluding hydrogens is 431 g/mol. The monoisotopic (exact) mass is 446 g/mol. The van der Waals surface area contributed by atoms with Gasteiger partial charge in [-0.1, -0.05) is 47.3 Å². The number of rotatable bonds is 5. The Bertz CT molecular complexity index is 1300. The maximum Gasteiger partial charge on any atom is 0.283 e. The van der Waals surface area contributed by atoms with E-state index in [4.69, 9.17) is 8.94 Å². The summed E-state index contributed by atoms with van der Waals surface area (Å²) in [6.07, 6.45) is 3.24. The Hall–Kier alpha value is -3.98. The molecule has 7 nitrogen and oxygen atoms in total. The van der Waals surface area contributed by atoms with Crippen LogP contribution in [0.25, 0.3) is 17.7 Å². The average Bonchev–Trinajstić information content (AvgIpc) is 3.55. The minimum absolute atomic E-state index is 0.282. The molecule has 0 radical (unpaired) electrons. The number of nitrogens with zero attached hydrogens (tertiary/aromatic N) is 4. The molecule has 3 heterocycles. The van der Waals surface area contributed by atoms with E-state index in [0.717, 1.165) is 5.56 Å². The average molecular weight is 446 g/mol. The van der Waals surface area contributed by atoms with Gasteiger partial charge in [0.25, 0.3) is 5.91 Å². The molecule has 32 heavy (non-hydrogen) atoms. The molecule has 2 aromatic heterocycles. The van der Waals surface area contributed by atoms with Gasteiger partial charge in [0.05, 0.1) is 17.7 Å². The quantitative estimate of drug-likeness (QED) is 0.395. The summed E-state index contributed by atoms with van der Waals surface area (Å²) in [5, 5.41) is 4.34. The van der Waals surface area contributed by atoms with Crippen LogP contribution in [0.4, 0.5) is 10.1 Å². The van der Waals surface area contributed by atoms with Crippen molar-refractivity contribution in [3.8, 4) is 11.6 Å². The van der Waals surface area contributed by atoms with Crippen LogP contribution in [0.5, 0.6) is 0 Å². The topological polar surface area (TPSA) is 84.7 Å². The Morgan fingerprint density at radius 3 is 2.59 bits per heavy atom. The summed E-state index contributed by atoms with van der Waals surface area (Å²) in [5.74, 6) is 0.800. The Morgan fingerprint density at radius 1 is 1.03 bits per heavy atom. The standard InChI is InChI=1S/C23H15FN4O3S/c24-16-8-10-17(11-9-16)28-22(29)18(13-15-5-2-1-3-6-15)25-23(28)32-14-20-26-21(27-31-20)19-7-4-12-30-19/h1-13H,14H2/b18-13+. The largest absolute Gasteiger partial charge is 0.461 e. The lowest BCUT2D eigenvalue weighted by molar-refractivity contribution is -0.113. The smallest absolute Gasteiger partial charge is 0.283 e. The van der Waals surface area contributed by atoms with E-state index in [9.17, 15) is 9.18 Å². The predicted molar refractivity (Wildman–Crippen MR) is 119 cm³/mol. The molecule has 1 aliphatic rings. The van der Waals surface area contributed by atoms with Gasteiger partial charge in [-0.2, -0.15) is 4.98 Å². The van der Waals surface area contributed by atoms with Gasteiger partial charge in [0.15, 0.2) is 10.9 Å². The van der Waals surface area contributed by atoms with Crippen LogP contribution in [0, 0.1) is 5.82 Å². The zero-order valence-electron chi connectivity index (χ0n) is 16.5. The molecule has 0 fully saturated rings. The van der Waals surface area contributed by atoms with E-state index in [-0.39, 0.29) is 23.2 Å². The van der Waals surface area contributed by atoms with Crippen LogP contribution in [0.15, 0.2) is 92.6 Å². The molecule has 1 aliphatic heterocycles. The Morgan fingerprint density at radius 2 is 1.84 bits per heavy atom. The molecule has 4 aromatic rings. The van der Waals surface area contributed by atoms with E-state index >= 15 is 0 Å². The van der Waals surface area contributed by atoms with Crippen LogP contribution in [-0.4, -0.2) is 21.2 Å². The summed E-state index contributed by atoms with van der Waals surface area (Å²) < 4.78 is 24.0. The van der Waals surface area contributed by atoms with Gasteiger partial charge in [-0.05, 0) is 48.0 Å². The fraction of sp³-hybridized carbons (Fsp3) is 0.0435. The summed E-state index contributed by atoms with van der Waals surface area (Å²) in [6.45, 7) is 0. The van der Waals surface area contributed by atoms with Gasteiger partial charge in [-0.25, -0.2) is 9.38 Å². The van der Waals surface area contributed by atoms with Crippen LogP contribution >= 0.6 is 11.8 Å². The van der Waals surface area contributed by atoms with Crippen molar-refractivity contribution in [1.29, 1.82) is 0 Å². The zero-order valence-corrected chi connectivity index (χ0v) is 17.3. The van der Waals surface area contributed by atoms with E-state index in [1.54, 1.807) is 18.2 Å². The minimum Gasteiger partial charge on any atom is -0.461 e. The van der Waals surface area contributed by atoms with Crippen molar-refractivity contribution in [2.45, 2.75) is 5.75 Å². The number of halogens is 1. The number of hydrogen-bond acceptors (Lipinski definition) is 7. The van der Waals surface area contributed by atoms with Crippen molar-refractivity contribution in [2.75, 3.05) is 4.90 Å². The molecular formula is C23H15FN4O3S. The molecule has 0 bridgehead atoms. The van der Waals surface area contributed by atoms with Crippen molar-refractivity contribution in [3.63, 3.8) is 0 Å². The number of benzene rings is 2. The Kier molecular flexibility index (Phi) is 5.39. The maximum absolute atomic E-state index is 13.4. The number of amides is 1. The molecule has 5 rings (SSSR count). The molecule has 0 saturated carbocycles. The normalized spacial score (nSPS) is 14.9. The number of carbonyl (C=O) groups excluding carboxylic acids is 1. The van der Waals surface area contributed by atoms with Gasteiger partial charge in [0.1, 0.15) is 11.5 Å². The minimum atomic E-state index is -0.386. The number of thioether (sulfide) groups is 1. The maximum atomic E-state index is 13.4. The lowest BCUT2D eigenvalue weighted by atomic mass is 10.2. The van der Waals surface area contributed by atoms with Crippen molar-refractivity contribution < 1.29 is 18.1 Å². The van der Waals surface area contributed by atoms with Gasteiger partial charge in [0, 0.05) is 0 Å². The number of amidine groups is 1. The molecule has 0 unspecified atom stereocenters. The van der Waals surface area contributed by atoms with Crippen molar-refractivity contribution in [2.24, 2.45) is 4.99 Å². The van der Waals surface area contributed by atoms with Crippen molar-refractivity contribution in [3.05, 3.63) is 96.0 Å². The van der Waals surface area contributed by atoms with Gasteiger partial charge < -0.3 is 8.94 Å². The fourth-order valence-electron chi connectivity index (χ4n) is 3.06. The fourth-order valence-corrected chi connectivity index (χ4v) is 3.91. The molecule has 0 saturated heterocycles. The molecule has 0 atom stereocenters. The van der Waals surface area contributed by atoms with E-state index in [1.165, 1.54) is 47.2 Å². The van der Waals surface area contributed by atoms with E-state index < -0.39 is 0 Å². The third-order valence-electron chi connectivity index (χ3n) is 4.55. The van der Waals surface area contributed by atoms with Crippen molar-refractivity contribution >= 4 is 34.6 Å². The Balaban J connectivity index is 1.42. The van der Waals surface area contributed by atoms with Gasteiger partial charge in [-0.3, -0.25) is 9.69 Å². The Labute approximate surface area is 186 Å². The number of aliphatic imine (C=N–C) groups is 1. The third kappa shape index (κ3) is 4.10. The second-order valence-electron chi connectivity index (χ2n) is 6.73. The van der Waals surface area contributed by atoms with Crippen LogP contribution in [-0.2, 0) is 10.5 Å². The summed E-state index contributed by atoms with van der Waals surface area (Å²) in [4.78, 5) is 23.4. The van der Waals surface area contributed by atoms with E-state index in [1.807, 2.05) is 30.3 Å².